The number of nitrogens with zero attached hydrogens (tertiary/aromatic N) is 4. The topological polar surface area (TPSA) is 44.3 Å². The maximum atomic E-state index is 4.41. The summed E-state index contributed by atoms with van der Waals surface area (Å²) in [4.78, 5) is 4.38. The second-order valence-electron chi connectivity index (χ2n) is 5.85. The van der Waals surface area contributed by atoms with Crippen molar-refractivity contribution in [1.82, 2.24) is 15.5 Å². The molecule has 5 rings (SSSR count). The third-order valence-electron chi connectivity index (χ3n) is 4.37. The summed E-state index contributed by atoms with van der Waals surface area (Å²) in [5.41, 5.74) is 1.11. The number of piperidine rings is 1. The van der Waals surface area contributed by atoms with Crippen molar-refractivity contribution in [2.24, 2.45) is 0 Å². The van der Waals surface area contributed by atoms with E-state index in [0.29, 0.717) is 12.1 Å². The van der Waals surface area contributed by atoms with Crippen molar-refractivity contribution in [2.45, 2.75) is 18.5 Å². The first-order chi connectivity index (χ1) is 10.3. The van der Waals surface area contributed by atoms with Crippen molar-refractivity contribution in [1.29, 1.82) is 0 Å². The van der Waals surface area contributed by atoms with Gasteiger partial charge in [-0.1, -0.05) is 18.2 Å². The van der Waals surface area contributed by atoms with E-state index < -0.39 is 0 Å². The van der Waals surface area contributed by atoms with Crippen LogP contribution in [0.5, 0.6) is 0 Å². The average Bonchev–Trinajstić information content (AvgIpc) is 2.55. The number of benzene rings is 1. The lowest BCUT2D eigenvalue weighted by Crippen LogP contribution is -2.67. The molecule has 2 aromatic rings. The summed E-state index contributed by atoms with van der Waals surface area (Å²) >= 11 is 0. The van der Waals surface area contributed by atoms with Gasteiger partial charge in [-0.15, -0.1) is 10.2 Å². The fraction of sp³-hybridized carbons (Fsp3) is 0.375. The Morgan fingerprint density at radius 3 is 2.38 bits per heavy atom. The molecule has 3 aliphatic rings. The van der Waals surface area contributed by atoms with Gasteiger partial charge in [0.15, 0.2) is 11.6 Å². The molecule has 21 heavy (non-hydrogen) atoms. The van der Waals surface area contributed by atoms with E-state index in [1.165, 1.54) is 6.42 Å². The molecule has 0 aliphatic carbocycles. The van der Waals surface area contributed by atoms with Gasteiger partial charge in [-0.2, -0.15) is 0 Å². The quantitative estimate of drug-likeness (QED) is 0.929. The Hall–Kier alpha value is -2.14. The molecule has 1 N–H and O–H groups in total. The molecule has 2 bridgehead atoms. The SMILES string of the molecule is CN(c1ccccc1)c1ccc(N2CC3CC(C2)N3)nn1. The minimum atomic E-state index is 0.636. The maximum absolute atomic E-state index is 4.41. The summed E-state index contributed by atoms with van der Waals surface area (Å²) in [7, 11) is 2.01. The first-order valence-electron chi connectivity index (χ1n) is 7.43. The van der Waals surface area contributed by atoms with E-state index in [1.54, 1.807) is 0 Å². The maximum Gasteiger partial charge on any atom is 0.155 e. The van der Waals surface area contributed by atoms with E-state index in [4.69, 9.17) is 0 Å². The van der Waals surface area contributed by atoms with Gasteiger partial charge >= 0.3 is 0 Å². The van der Waals surface area contributed by atoms with Crippen molar-refractivity contribution in [3.8, 4) is 0 Å². The molecule has 108 valence electrons. The molecule has 0 spiro atoms. The highest BCUT2D eigenvalue weighted by atomic mass is 15.3. The Kier molecular flexibility index (Phi) is 3.00. The van der Waals surface area contributed by atoms with Gasteiger partial charge in [0.25, 0.3) is 0 Å². The average molecular weight is 281 g/mol. The van der Waals surface area contributed by atoms with Crippen LogP contribution in [-0.2, 0) is 0 Å². The number of hydrogen-bond donors (Lipinski definition) is 1. The number of piperazine rings is 1. The third kappa shape index (κ3) is 2.34. The zero-order valence-corrected chi connectivity index (χ0v) is 12.1. The van der Waals surface area contributed by atoms with Crippen LogP contribution in [0.15, 0.2) is 42.5 Å². The second kappa shape index (κ2) is 5.00. The lowest BCUT2D eigenvalue weighted by molar-refractivity contribution is 0.225. The van der Waals surface area contributed by atoms with Crippen molar-refractivity contribution in [3.05, 3.63) is 42.5 Å². The fourth-order valence-corrected chi connectivity index (χ4v) is 3.15. The zero-order chi connectivity index (χ0) is 14.2. The fourth-order valence-electron chi connectivity index (χ4n) is 3.15. The molecule has 1 aromatic heterocycles. The molecule has 4 heterocycles. The molecule has 3 aliphatic heterocycles. The van der Waals surface area contributed by atoms with Crippen LogP contribution in [-0.4, -0.2) is 42.4 Å². The summed E-state index contributed by atoms with van der Waals surface area (Å²) in [5.74, 6) is 1.85. The smallest absolute Gasteiger partial charge is 0.155 e. The summed E-state index contributed by atoms with van der Waals surface area (Å²) in [6.45, 7) is 2.08. The van der Waals surface area contributed by atoms with Gasteiger partial charge < -0.3 is 15.1 Å². The number of hydrogen-bond acceptors (Lipinski definition) is 5. The molecule has 2 atom stereocenters. The summed E-state index contributed by atoms with van der Waals surface area (Å²) in [5, 5.41) is 12.3. The van der Waals surface area contributed by atoms with Gasteiger partial charge in [-0.3, -0.25) is 0 Å². The molecule has 0 amide bonds. The van der Waals surface area contributed by atoms with E-state index in [0.717, 1.165) is 30.4 Å². The Morgan fingerprint density at radius 2 is 1.76 bits per heavy atom. The van der Waals surface area contributed by atoms with Gasteiger partial charge in [0.2, 0.25) is 0 Å². The molecule has 5 heteroatoms. The van der Waals surface area contributed by atoms with Crippen LogP contribution >= 0.6 is 0 Å². The number of anilines is 3. The zero-order valence-electron chi connectivity index (χ0n) is 12.1. The number of aromatic nitrogens is 2. The molecule has 0 saturated carbocycles. The Bertz CT molecular complexity index is 596. The van der Waals surface area contributed by atoms with Gasteiger partial charge in [-0.25, -0.2) is 0 Å². The van der Waals surface area contributed by atoms with E-state index in [2.05, 4.69) is 38.6 Å². The standard InChI is InChI=1S/C16H19N5/c1-20(14-5-3-2-4-6-14)15-7-8-16(19-18-15)21-10-12-9-13(11-21)17-12/h2-8,12-13,17H,9-11H2,1H3. The lowest BCUT2D eigenvalue weighted by atomic mass is 9.91. The molecular formula is C16H19N5. The number of fused-ring (bicyclic) bond motifs is 2. The molecule has 3 saturated heterocycles. The Morgan fingerprint density at radius 1 is 1.05 bits per heavy atom. The van der Waals surface area contributed by atoms with E-state index in [1.807, 2.05) is 36.2 Å². The van der Waals surface area contributed by atoms with Crippen molar-refractivity contribution in [3.63, 3.8) is 0 Å². The third-order valence-corrected chi connectivity index (χ3v) is 4.37. The van der Waals surface area contributed by atoms with Gasteiger partial charge in [-0.05, 0) is 30.7 Å². The molecular weight excluding hydrogens is 262 g/mol. The van der Waals surface area contributed by atoms with Crippen molar-refractivity contribution < 1.29 is 0 Å². The van der Waals surface area contributed by atoms with E-state index in [-0.39, 0.29) is 0 Å². The first kappa shape index (κ1) is 12.6. The van der Waals surface area contributed by atoms with Crippen LogP contribution in [0.25, 0.3) is 0 Å². The molecule has 0 radical (unpaired) electrons. The highest BCUT2D eigenvalue weighted by molar-refractivity contribution is 5.59. The second-order valence-corrected chi connectivity index (χ2v) is 5.85. The van der Waals surface area contributed by atoms with Crippen LogP contribution in [0, 0.1) is 0 Å². The Labute approximate surface area is 124 Å². The highest BCUT2D eigenvalue weighted by Crippen LogP contribution is 2.26. The molecule has 2 unspecified atom stereocenters. The van der Waals surface area contributed by atoms with Gasteiger partial charge in [0, 0.05) is 37.9 Å². The lowest BCUT2D eigenvalue weighted by Gasteiger charge is -2.48. The first-order valence-corrected chi connectivity index (χ1v) is 7.43. The summed E-state index contributed by atoms with van der Waals surface area (Å²) < 4.78 is 0. The van der Waals surface area contributed by atoms with Crippen molar-refractivity contribution in [2.75, 3.05) is 29.9 Å². The Balaban J connectivity index is 1.51. The molecule has 1 aromatic carbocycles. The van der Waals surface area contributed by atoms with Crippen LogP contribution < -0.4 is 15.1 Å². The predicted octanol–water partition coefficient (Wildman–Crippen LogP) is 1.79. The number of rotatable bonds is 3. The number of nitrogens with one attached hydrogen (secondary N) is 1. The summed E-state index contributed by atoms with van der Waals surface area (Å²) in [6, 6.07) is 15.6. The van der Waals surface area contributed by atoms with Gasteiger partial charge in [0.05, 0.1) is 0 Å². The van der Waals surface area contributed by atoms with Crippen molar-refractivity contribution >= 4 is 17.3 Å². The summed E-state index contributed by atoms with van der Waals surface area (Å²) in [6.07, 6.45) is 1.30. The van der Waals surface area contributed by atoms with E-state index in [9.17, 15) is 0 Å². The minimum absolute atomic E-state index is 0.636. The number of para-hydroxylation sites is 1. The van der Waals surface area contributed by atoms with Crippen LogP contribution in [0.4, 0.5) is 17.3 Å². The van der Waals surface area contributed by atoms with Crippen LogP contribution in [0.2, 0.25) is 0 Å². The van der Waals surface area contributed by atoms with Gasteiger partial charge in [0.1, 0.15) is 0 Å². The predicted molar refractivity (Wildman–Crippen MR) is 84.1 cm³/mol. The van der Waals surface area contributed by atoms with E-state index >= 15 is 0 Å². The monoisotopic (exact) mass is 281 g/mol. The largest absolute Gasteiger partial charge is 0.352 e. The minimum Gasteiger partial charge on any atom is -0.352 e. The molecule has 3 fully saturated rings. The normalized spacial score (nSPS) is 23.6. The van der Waals surface area contributed by atoms with Crippen LogP contribution in [0.3, 0.4) is 0 Å². The molecule has 5 nitrogen and oxygen atoms in total. The highest BCUT2D eigenvalue weighted by Gasteiger charge is 2.36. The van der Waals surface area contributed by atoms with Crippen LogP contribution in [0.1, 0.15) is 6.42 Å².